The molecule has 0 bridgehead atoms. The minimum atomic E-state index is 0.494. The van der Waals surface area contributed by atoms with Gasteiger partial charge in [-0.25, -0.2) is 0 Å². The van der Waals surface area contributed by atoms with E-state index in [2.05, 4.69) is 18.7 Å². The Bertz CT molecular complexity index is 225. The lowest BCUT2D eigenvalue weighted by Crippen LogP contribution is -2.30. The van der Waals surface area contributed by atoms with Crippen LogP contribution in [-0.4, -0.2) is 30.6 Å². The minimum absolute atomic E-state index is 0.494. The van der Waals surface area contributed by atoms with Gasteiger partial charge in [-0.1, -0.05) is 13.8 Å². The summed E-state index contributed by atoms with van der Waals surface area (Å²) < 4.78 is 0. The molecule has 2 unspecified atom stereocenters. The van der Waals surface area contributed by atoms with Gasteiger partial charge in [0.25, 0.3) is 0 Å². The SMILES string of the molecule is CC1(C)CCCN(CC2CCC(N)C2)CC1. The first-order valence-electron chi connectivity index (χ1n) is 7.03. The molecular formula is C14H28N2. The van der Waals surface area contributed by atoms with Crippen LogP contribution in [0.1, 0.15) is 52.4 Å². The fourth-order valence-corrected chi connectivity index (χ4v) is 3.31. The van der Waals surface area contributed by atoms with Crippen LogP contribution < -0.4 is 5.73 Å². The molecule has 2 atom stereocenters. The van der Waals surface area contributed by atoms with Crippen LogP contribution in [0.25, 0.3) is 0 Å². The number of rotatable bonds is 2. The van der Waals surface area contributed by atoms with Crippen LogP contribution in [0.3, 0.4) is 0 Å². The molecule has 1 heterocycles. The topological polar surface area (TPSA) is 29.3 Å². The maximum atomic E-state index is 5.99. The maximum absolute atomic E-state index is 5.99. The highest BCUT2D eigenvalue weighted by Gasteiger charge is 2.27. The summed E-state index contributed by atoms with van der Waals surface area (Å²) in [6.07, 6.45) is 8.02. The summed E-state index contributed by atoms with van der Waals surface area (Å²) in [5.41, 5.74) is 6.56. The number of nitrogens with zero attached hydrogens (tertiary/aromatic N) is 1. The van der Waals surface area contributed by atoms with Crippen LogP contribution in [0.4, 0.5) is 0 Å². The van der Waals surface area contributed by atoms with E-state index in [1.807, 2.05) is 0 Å². The van der Waals surface area contributed by atoms with E-state index in [1.54, 1.807) is 0 Å². The predicted octanol–water partition coefficient (Wildman–Crippen LogP) is 2.63. The lowest BCUT2D eigenvalue weighted by Gasteiger charge is -2.25. The lowest BCUT2D eigenvalue weighted by molar-refractivity contribution is 0.227. The van der Waals surface area contributed by atoms with Gasteiger partial charge in [0.2, 0.25) is 0 Å². The lowest BCUT2D eigenvalue weighted by atomic mass is 9.85. The highest BCUT2D eigenvalue weighted by atomic mass is 15.1. The Morgan fingerprint density at radius 3 is 2.69 bits per heavy atom. The molecule has 1 aliphatic carbocycles. The first-order chi connectivity index (χ1) is 7.55. The van der Waals surface area contributed by atoms with Crippen LogP contribution in [0.15, 0.2) is 0 Å². The molecule has 0 amide bonds. The summed E-state index contributed by atoms with van der Waals surface area (Å²) in [6.45, 7) is 8.77. The van der Waals surface area contributed by atoms with E-state index in [9.17, 15) is 0 Å². The third-order valence-corrected chi connectivity index (χ3v) is 4.53. The molecule has 1 aliphatic heterocycles. The number of nitrogens with two attached hydrogens (primary N) is 1. The maximum Gasteiger partial charge on any atom is 0.00420 e. The molecule has 1 saturated carbocycles. The van der Waals surface area contributed by atoms with E-state index >= 15 is 0 Å². The molecule has 2 rings (SSSR count). The summed E-state index contributed by atoms with van der Waals surface area (Å²) in [4.78, 5) is 2.69. The molecule has 2 nitrogen and oxygen atoms in total. The van der Waals surface area contributed by atoms with E-state index in [0.29, 0.717) is 11.5 Å². The first-order valence-corrected chi connectivity index (χ1v) is 7.03. The van der Waals surface area contributed by atoms with Crippen LogP contribution in [0.2, 0.25) is 0 Å². The van der Waals surface area contributed by atoms with Crippen molar-refractivity contribution in [1.82, 2.24) is 4.90 Å². The van der Waals surface area contributed by atoms with Crippen LogP contribution in [0, 0.1) is 11.3 Å². The zero-order valence-corrected chi connectivity index (χ0v) is 11.0. The second-order valence-corrected chi connectivity index (χ2v) is 6.76. The van der Waals surface area contributed by atoms with Gasteiger partial charge in [0.1, 0.15) is 0 Å². The van der Waals surface area contributed by atoms with Crippen molar-refractivity contribution >= 4 is 0 Å². The van der Waals surface area contributed by atoms with Crippen molar-refractivity contribution in [3.8, 4) is 0 Å². The summed E-state index contributed by atoms with van der Waals surface area (Å²) in [6, 6.07) is 0.494. The second-order valence-electron chi connectivity index (χ2n) is 6.76. The van der Waals surface area contributed by atoms with E-state index in [1.165, 1.54) is 58.2 Å². The Kier molecular flexibility index (Phi) is 3.91. The van der Waals surface area contributed by atoms with Gasteiger partial charge in [0, 0.05) is 12.6 Å². The predicted molar refractivity (Wildman–Crippen MR) is 69.4 cm³/mol. The van der Waals surface area contributed by atoms with Crippen molar-refractivity contribution in [2.45, 2.75) is 58.4 Å². The van der Waals surface area contributed by atoms with Gasteiger partial charge in [0.15, 0.2) is 0 Å². The Morgan fingerprint density at radius 2 is 2.00 bits per heavy atom. The molecule has 1 saturated heterocycles. The second kappa shape index (κ2) is 5.05. The normalized spacial score (nSPS) is 36.2. The van der Waals surface area contributed by atoms with E-state index in [-0.39, 0.29) is 0 Å². The van der Waals surface area contributed by atoms with Gasteiger partial charge in [-0.3, -0.25) is 0 Å². The van der Waals surface area contributed by atoms with Gasteiger partial charge in [0.05, 0.1) is 0 Å². The highest BCUT2D eigenvalue weighted by molar-refractivity contribution is 4.82. The standard InChI is InChI=1S/C14H28N2/c1-14(2)6-3-8-16(9-7-14)11-12-4-5-13(15)10-12/h12-13H,3-11,15H2,1-2H3. The molecule has 2 fully saturated rings. The molecule has 0 spiro atoms. The molecular weight excluding hydrogens is 196 g/mol. The molecule has 2 aliphatic rings. The molecule has 94 valence electrons. The summed E-state index contributed by atoms with van der Waals surface area (Å²) >= 11 is 0. The van der Waals surface area contributed by atoms with Crippen molar-refractivity contribution in [2.24, 2.45) is 17.1 Å². The third kappa shape index (κ3) is 3.46. The number of likely N-dealkylation sites (tertiary alicyclic amines) is 1. The van der Waals surface area contributed by atoms with Crippen molar-refractivity contribution < 1.29 is 0 Å². The van der Waals surface area contributed by atoms with Crippen LogP contribution in [-0.2, 0) is 0 Å². The fourth-order valence-electron chi connectivity index (χ4n) is 3.31. The Balaban J connectivity index is 1.77. The third-order valence-electron chi connectivity index (χ3n) is 4.53. The molecule has 0 aromatic heterocycles. The first kappa shape index (κ1) is 12.4. The van der Waals surface area contributed by atoms with Gasteiger partial charge in [-0.15, -0.1) is 0 Å². The van der Waals surface area contributed by atoms with Crippen molar-refractivity contribution in [3.63, 3.8) is 0 Å². The largest absolute Gasteiger partial charge is 0.328 e. The van der Waals surface area contributed by atoms with Gasteiger partial charge < -0.3 is 10.6 Å². The molecule has 0 radical (unpaired) electrons. The van der Waals surface area contributed by atoms with Gasteiger partial charge in [-0.2, -0.15) is 0 Å². The van der Waals surface area contributed by atoms with E-state index < -0.39 is 0 Å². The average molecular weight is 224 g/mol. The van der Waals surface area contributed by atoms with E-state index in [4.69, 9.17) is 5.73 Å². The quantitative estimate of drug-likeness (QED) is 0.781. The molecule has 16 heavy (non-hydrogen) atoms. The molecule has 0 aromatic rings. The Labute approximate surface area is 101 Å². The van der Waals surface area contributed by atoms with Gasteiger partial charge in [-0.05, 0) is 62.9 Å². The van der Waals surface area contributed by atoms with Crippen LogP contribution >= 0.6 is 0 Å². The summed E-state index contributed by atoms with van der Waals surface area (Å²) in [5.74, 6) is 0.885. The molecule has 2 N–H and O–H groups in total. The van der Waals surface area contributed by atoms with Crippen molar-refractivity contribution in [2.75, 3.05) is 19.6 Å². The zero-order chi connectivity index (χ0) is 11.6. The van der Waals surface area contributed by atoms with Crippen molar-refractivity contribution in [3.05, 3.63) is 0 Å². The van der Waals surface area contributed by atoms with Crippen molar-refractivity contribution in [1.29, 1.82) is 0 Å². The minimum Gasteiger partial charge on any atom is -0.328 e. The molecule has 2 heteroatoms. The zero-order valence-electron chi connectivity index (χ0n) is 11.0. The fraction of sp³-hybridized carbons (Fsp3) is 1.00. The Morgan fingerprint density at radius 1 is 1.19 bits per heavy atom. The monoisotopic (exact) mass is 224 g/mol. The average Bonchev–Trinajstić information content (AvgIpc) is 2.52. The number of hydrogen-bond donors (Lipinski definition) is 1. The van der Waals surface area contributed by atoms with Crippen LogP contribution in [0.5, 0.6) is 0 Å². The van der Waals surface area contributed by atoms with Gasteiger partial charge >= 0.3 is 0 Å². The van der Waals surface area contributed by atoms with E-state index in [0.717, 1.165) is 5.92 Å². The smallest absolute Gasteiger partial charge is 0.00420 e. The summed E-state index contributed by atoms with van der Waals surface area (Å²) in [7, 11) is 0. The molecule has 0 aromatic carbocycles. The summed E-state index contributed by atoms with van der Waals surface area (Å²) in [5, 5.41) is 0. The Hall–Kier alpha value is -0.0800. The number of hydrogen-bond acceptors (Lipinski definition) is 2. The highest BCUT2D eigenvalue weighted by Crippen LogP contribution is 2.31.